The monoisotopic (exact) mass is 272 g/mol. The normalized spacial score (nSPS) is 25.1. The third-order valence-corrected chi connectivity index (χ3v) is 3.15. The Balaban J connectivity index is 2.43. The van der Waals surface area contributed by atoms with Gasteiger partial charge in [0.15, 0.2) is 0 Å². The molecule has 6 heteroatoms. The Kier molecular flexibility index (Phi) is 6.24. The molecule has 110 valence electrons. The Morgan fingerprint density at radius 3 is 2.42 bits per heavy atom. The Labute approximate surface area is 114 Å². The van der Waals surface area contributed by atoms with Crippen molar-refractivity contribution >= 4 is 11.9 Å². The molecule has 2 N–H and O–H groups in total. The zero-order valence-corrected chi connectivity index (χ0v) is 11.9. The van der Waals surface area contributed by atoms with Crippen molar-refractivity contribution in [3.63, 3.8) is 0 Å². The van der Waals surface area contributed by atoms with Gasteiger partial charge >= 0.3 is 5.97 Å². The molecular formula is C13H24N2O4. The van der Waals surface area contributed by atoms with Crippen LogP contribution in [0.4, 0.5) is 0 Å². The molecule has 0 saturated carbocycles. The molecule has 0 radical (unpaired) electrons. The van der Waals surface area contributed by atoms with Crippen molar-refractivity contribution in [3.8, 4) is 0 Å². The van der Waals surface area contributed by atoms with Crippen molar-refractivity contribution in [2.75, 3.05) is 19.6 Å². The first-order valence-electron chi connectivity index (χ1n) is 6.83. The van der Waals surface area contributed by atoms with Gasteiger partial charge in [-0.05, 0) is 20.3 Å². The molecule has 1 heterocycles. The molecule has 0 unspecified atom stereocenters. The van der Waals surface area contributed by atoms with E-state index in [9.17, 15) is 9.59 Å². The second-order valence-corrected chi connectivity index (χ2v) is 5.12. The zero-order chi connectivity index (χ0) is 14.4. The van der Waals surface area contributed by atoms with E-state index in [0.717, 1.165) is 6.42 Å². The fourth-order valence-electron chi connectivity index (χ4n) is 2.31. The van der Waals surface area contributed by atoms with Crippen LogP contribution < -0.4 is 5.32 Å². The summed E-state index contributed by atoms with van der Waals surface area (Å²) in [6.07, 6.45) is 1.35. The van der Waals surface area contributed by atoms with E-state index in [1.165, 1.54) is 0 Å². The molecule has 3 atom stereocenters. The van der Waals surface area contributed by atoms with Crippen LogP contribution in [0.1, 0.15) is 33.6 Å². The van der Waals surface area contributed by atoms with E-state index in [-0.39, 0.29) is 24.7 Å². The maximum atomic E-state index is 12.0. The molecule has 6 nitrogen and oxygen atoms in total. The highest BCUT2D eigenvalue weighted by Crippen LogP contribution is 2.10. The van der Waals surface area contributed by atoms with Gasteiger partial charge in [-0.1, -0.05) is 13.3 Å². The van der Waals surface area contributed by atoms with Crippen molar-refractivity contribution in [1.29, 1.82) is 0 Å². The molecule has 1 rings (SSSR count). The van der Waals surface area contributed by atoms with E-state index in [2.05, 4.69) is 5.32 Å². The molecule has 1 fully saturated rings. The van der Waals surface area contributed by atoms with E-state index >= 15 is 0 Å². The van der Waals surface area contributed by atoms with E-state index < -0.39 is 12.0 Å². The van der Waals surface area contributed by atoms with Crippen LogP contribution in [0.5, 0.6) is 0 Å². The first-order valence-corrected chi connectivity index (χ1v) is 6.83. The average Bonchev–Trinajstić information content (AvgIpc) is 2.32. The number of carboxylic acid groups (broad SMARTS) is 1. The third-order valence-electron chi connectivity index (χ3n) is 3.15. The van der Waals surface area contributed by atoms with Crippen molar-refractivity contribution in [1.82, 2.24) is 10.2 Å². The van der Waals surface area contributed by atoms with Gasteiger partial charge in [0.25, 0.3) is 0 Å². The molecule has 1 amide bonds. The van der Waals surface area contributed by atoms with Gasteiger partial charge in [-0.3, -0.25) is 14.9 Å². The highest BCUT2D eigenvalue weighted by molar-refractivity contribution is 5.80. The Morgan fingerprint density at radius 2 is 1.95 bits per heavy atom. The summed E-state index contributed by atoms with van der Waals surface area (Å²) >= 11 is 0. The fourth-order valence-corrected chi connectivity index (χ4v) is 2.31. The molecule has 0 aromatic rings. The molecule has 1 saturated heterocycles. The predicted molar refractivity (Wildman–Crippen MR) is 70.9 cm³/mol. The number of ether oxygens (including phenoxy) is 1. The third kappa shape index (κ3) is 5.16. The standard InChI is InChI=1S/C13H24N2O4/c1-4-5-11(13(17)18)14-6-12(16)15-7-9(2)19-10(3)8-15/h9-11,14H,4-8H2,1-3H3,(H,17,18)/t9-,10+,11-/m1/s1. The van der Waals surface area contributed by atoms with Crippen LogP contribution in [-0.4, -0.2) is 59.8 Å². The highest BCUT2D eigenvalue weighted by atomic mass is 16.5. The van der Waals surface area contributed by atoms with Crippen molar-refractivity contribution in [3.05, 3.63) is 0 Å². The molecule has 0 bridgehead atoms. The van der Waals surface area contributed by atoms with Gasteiger partial charge in [0.2, 0.25) is 5.91 Å². The van der Waals surface area contributed by atoms with Gasteiger partial charge < -0.3 is 14.7 Å². The van der Waals surface area contributed by atoms with Crippen LogP contribution in [0, 0.1) is 0 Å². The molecule has 19 heavy (non-hydrogen) atoms. The average molecular weight is 272 g/mol. The summed E-state index contributed by atoms with van der Waals surface area (Å²) in [7, 11) is 0. The number of carbonyl (C=O) groups is 2. The number of carbonyl (C=O) groups excluding carboxylic acids is 1. The van der Waals surface area contributed by atoms with Crippen molar-refractivity contribution in [2.45, 2.75) is 51.9 Å². The van der Waals surface area contributed by atoms with Crippen LogP contribution in [0.3, 0.4) is 0 Å². The first-order chi connectivity index (χ1) is 8.93. The summed E-state index contributed by atoms with van der Waals surface area (Å²) in [4.78, 5) is 24.7. The molecule has 0 aromatic heterocycles. The summed E-state index contributed by atoms with van der Waals surface area (Å²) in [5.74, 6) is -0.970. The SMILES string of the molecule is CCC[C@@H](NCC(=O)N1C[C@@H](C)O[C@@H](C)C1)C(=O)O. The minimum Gasteiger partial charge on any atom is -0.480 e. The van der Waals surface area contributed by atoms with Crippen molar-refractivity contribution in [2.24, 2.45) is 0 Å². The summed E-state index contributed by atoms with van der Waals surface area (Å²) in [5, 5.41) is 11.8. The lowest BCUT2D eigenvalue weighted by Crippen LogP contribution is -2.52. The number of morpholine rings is 1. The molecule has 0 aliphatic carbocycles. The van der Waals surface area contributed by atoms with Gasteiger partial charge in [0.1, 0.15) is 6.04 Å². The topological polar surface area (TPSA) is 78.9 Å². The number of nitrogens with one attached hydrogen (secondary N) is 1. The van der Waals surface area contributed by atoms with Crippen LogP contribution in [-0.2, 0) is 14.3 Å². The smallest absolute Gasteiger partial charge is 0.320 e. The summed E-state index contributed by atoms with van der Waals surface area (Å²) in [5.41, 5.74) is 0. The van der Waals surface area contributed by atoms with Crippen LogP contribution >= 0.6 is 0 Å². The quantitative estimate of drug-likeness (QED) is 0.734. The largest absolute Gasteiger partial charge is 0.480 e. The molecular weight excluding hydrogens is 248 g/mol. The van der Waals surface area contributed by atoms with Crippen molar-refractivity contribution < 1.29 is 19.4 Å². The van der Waals surface area contributed by atoms with E-state index in [4.69, 9.17) is 9.84 Å². The number of hydrogen-bond donors (Lipinski definition) is 2. The zero-order valence-electron chi connectivity index (χ0n) is 11.9. The van der Waals surface area contributed by atoms with Gasteiger partial charge in [-0.2, -0.15) is 0 Å². The predicted octanol–water partition coefficient (Wildman–Crippen LogP) is 0.465. The number of aliphatic carboxylic acids is 1. The van der Waals surface area contributed by atoms with E-state index in [0.29, 0.717) is 19.5 Å². The maximum Gasteiger partial charge on any atom is 0.320 e. The molecule has 1 aliphatic heterocycles. The number of nitrogens with zero attached hydrogens (tertiary/aromatic N) is 1. The second-order valence-electron chi connectivity index (χ2n) is 5.12. The molecule has 0 aromatic carbocycles. The van der Waals surface area contributed by atoms with Crippen LogP contribution in [0.2, 0.25) is 0 Å². The number of hydrogen-bond acceptors (Lipinski definition) is 4. The Bertz CT molecular complexity index is 312. The van der Waals surface area contributed by atoms with Gasteiger partial charge in [-0.15, -0.1) is 0 Å². The maximum absolute atomic E-state index is 12.0. The van der Waals surface area contributed by atoms with Gasteiger partial charge in [-0.25, -0.2) is 0 Å². The summed E-state index contributed by atoms with van der Waals surface area (Å²) in [6, 6.07) is -0.648. The van der Waals surface area contributed by atoms with Gasteiger partial charge in [0.05, 0.1) is 18.8 Å². The lowest BCUT2D eigenvalue weighted by atomic mass is 10.1. The van der Waals surface area contributed by atoms with Crippen LogP contribution in [0.15, 0.2) is 0 Å². The Hall–Kier alpha value is -1.14. The number of carboxylic acids is 1. The number of rotatable bonds is 6. The summed E-state index contributed by atoms with van der Waals surface area (Å²) < 4.78 is 5.56. The summed E-state index contributed by atoms with van der Waals surface area (Å²) in [6.45, 7) is 6.98. The minimum atomic E-state index is -0.904. The lowest BCUT2D eigenvalue weighted by Gasteiger charge is -2.35. The van der Waals surface area contributed by atoms with E-state index in [1.54, 1.807) is 4.90 Å². The second kappa shape index (κ2) is 7.45. The Morgan fingerprint density at radius 1 is 1.37 bits per heavy atom. The lowest BCUT2D eigenvalue weighted by molar-refractivity contribution is -0.143. The molecule has 1 aliphatic rings. The molecule has 0 spiro atoms. The van der Waals surface area contributed by atoms with E-state index in [1.807, 2.05) is 20.8 Å². The highest BCUT2D eigenvalue weighted by Gasteiger charge is 2.26. The van der Waals surface area contributed by atoms with Gasteiger partial charge in [0, 0.05) is 13.1 Å². The van der Waals surface area contributed by atoms with Crippen LogP contribution in [0.25, 0.3) is 0 Å². The number of amides is 1. The first kappa shape index (κ1) is 15.9. The minimum absolute atomic E-state index is 0.0265. The fraction of sp³-hybridized carbons (Fsp3) is 0.846.